The maximum absolute atomic E-state index is 12.6. The fourth-order valence-electron chi connectivity index (χ4n) is 3.26. The molecule has 0 fully saturated rings. The number of benzene rings is 2. The van der Waals surface area contributed by atoms with Crippen LogP contribution in [0.15, 0.2) is 53.9 Å². The van der Waals surface area contributed by atoms with Crippen LogP contribution < -0.4 is 15.4 Å². The normalized spacial score (nSPS) is 11.7. The molecule has 0 aliphatic carbocycles. The minimum Gasteiger partial charge on any atom is -0.497 e. The van der Waals surface area contributed by atoms with Gasteiger partial charge in [0.05, 0.1) is 12.8 Å². The number of anilines is 3. The van der Waals surface area contributed by atoms with Gasteiger partial charge in [0, 0.05) is 34.3 Å². The summed E-state index contributed by atoms with van der Waals surface area (Å²) in [6, 6.07) is 15.6. The van der Waals surface area contributed by atoms with Crippen LogP contribution in [0.3, 0.4) is 0 Å². The van der Waals surface area contributed by atoms with Crippen molar-refractivity contribution in [2.24, 2.45) is 5.92 Å². The molecule has 0 saturated carbocycles. The molecule has 30 heavy (non-hydrogen) atoms. The molecule has 1 aromatic heterocycles. The van der Waals surface area contributed by atoms with E-state index in [1.165, 1.54) is 11.3 Å². The predicted molar refractivity (Wildman–Crippen MR) is 126 cm³/mol. The third kappa shape index (κ3) is 5.83. The number of nitrogens with zero attached hydrogens (tertiary/aromatic N) is 1. The highest BCUT2D eigenvalue weighted by atomic mass is 32.1. The van der Waals surface area contributed by atoms with E-state index in [0.717, 1.165) is 59.2 Å². The van der Waals surface area contributed by atoms with Crippen LogP contribution in [0, 0.1) is 5.92 Å². The summed E-state index contributed by atoms with van der Waals surface area (Å²) >= 11 is 1.54. The van der Waals surface area contributed by atoms with Gasteiger partial charge in [-0.15, -0.1) is 11.3 Å². The summed E-state index contributed by atoms with van der Waals surface area (Å²) in [5.41, 5.74) is 3.58. The number of unbranched alkanes of at least 4 members (excludes halogenated alkanes) is 1. The van der Waals surface area contributed by atoms with E-state index >= 15 is 0 Å². The van der Waals surface area contributed by atoms with E-state index in [4.69, 9.17) is 9.72 Å². The number of nitrogens with one attached hydrogen (secondary N) is 2. The summed E-state index contributed by atoms with van der Waals surface area (Å²) in [7, 11) is 1.65. The van der Waals surface area contributed by atoms with Gasteiger partial charge >= 0.3 is 0 Å². The number of methoxy groups -OCH3 is 1. The molecule has 1 heterocycles. The van der Waals surface area contributed by atoms with E-state index in [2.05, 4.69) is 24.5 Å². The van der Waals surface area contributed by atoms with E-state index in [-0.39, 0.29) is 11.8 Å². The Morgan fingerprint density at radius 2 is 1.93 bits per heavy atom. The summed E-state index contributed by atoms with van der Waals surface area (Å²) in [4.78, 5) is 17.3. The zero-order chi connectivity index (χ0) is 21.3. The largest absolute Gasteiger partial charge is 0.497 e. The van der Waals surface area contributed by atoms with Gasteiger partial charge in [-0.1, -0.05) is 44.9 Å². The van der Waals surface area contributed by atoms with Gasteiger partial charge in [-0.2, -0.15) is 0 Å². The molecule has 3 rings (SSSR count). The van der Waals surface area contributed by atoms with Crippen molar-refractivity contribution in [2.45, 2.75) is 39.5 Å². The van der Waals surface area contributed by atoms with Crippen LogP contribution in [0.25, 0.3) is 11.3 Å². The number of aromatic nitrogens is 1. The first kappa shape index (κ1) is 21.8. The van der Waals surface area contributed by atoms with Gasteiger partial charge in [-0.3, -0.25) is 4.79 Å². The van der Waals surface area contributed by atoms with Crippen LogP contribution in [0.5, 0.6) is 5.75 Å². The van der Waals surface area contributed by atoms with Crippen molar-refractivity contribution in [3.05, 3.63) is 53.9 Å². The SMILES string of the molecule is CCCCC(CC)C(=O)Nc1cccc(-c2csc(Nc3cccc(OC)c3)n2)c1. The number of hydrogen-bond acceptors (Lipinski definition) is 5. The number of carbonyl (C=O) groups excluding carboxylic acids is 1. The minimum absolute atomic E-state index is 0.0616. The maximum Gasteiger partial charge on any atom is 0.227 e. The van der Waals surface area contributed by atoms with Crippen molar-refractivity contribution in [1.82, 2.24) is 4.98 Å². The van der Waals surface area contributed by atoms with Gasteiger partial charge in [-0.05, 0) is 37.1 Å². The van der Waals surface area contributed by atoms with E-state index in [9.17, 15) is 4.79 Å². The first-order valence-corrected chi connectivity index (χ1v) is 11.3. The number of hydrogen-bond donors (Lipinski definition) is 2. The second kappa shape index (κ2) is 10.8. The molecule has 2 aromatic carbocycles. The standard InChI is InChI=1S/C24H29N3O2S/c1-4-6-9-17(5-2)23(28)25-19-11-7-10-18(14-19)22-16-30-24(27-22)26-20-12-8-13-21(15-20)29-3/h7-8,10-17H,4-6,9H2,1-3H3,(H,25,28)(H,26,27). The van der Waals surface area contributed by atoms with E-state index in [0.29, 0.717) is 0 Å². The van der Waals surface area contributed by atoms with Gasteiger partial charge in [-0.25, -0.2) is 4.98 Å². The Labute approximate surface area is 182 Å². The highest BCUT2D eigenvalue weighted by molar-refractivity contribution is 7.14. The molecule has 2 N–H and O–H groups in total. The molecule has 0 aliphatic heterocycles. The van der Waals surface area contributed by atoms with E-state index in [1.54, 1.807) is 7.11 Å². The topological polar surface area (TPSA) is 63.2 Å². The second-order valence-corrected chi connectivity index (χ2v) is 8.07. The molecule has 6 heteroatoms. The zero-order valence-electron chi connectivity index (χ0n) is 17.8. The maximum atomic E-state index is 12.6. The Hall–Kier alpha value is -2.86. The van der Waals surface area contributed by atoms with Crippen molar-refractivity contribution in [3.8, 4) is 17.0 Å². The third-order valence-electron chi connectivity index (χ3n) is 5.02. The number of rotatable bonds is 10. The molecular formula is C24H29N3O2S. The molecule has 0 spiro atoms. The lowest BCUT2D eigenvalue weighted by molar-refractivity contribution is -0.120. The van der Waals surface area contributed by atoms with E-state index < -0.39 is 0 Å². The first-order valence-electron chi connectivity index (χ1n) is 10.4. The number of thiazole rings is 1. The first-order chi connectivity index (χ1) is 14.6. The van der Waals surface area contributed by atoms with Crippen molar-refractivity contribution in [1.29, 1.82) is 0 Å². The molecule has 158 valence electrons. The fourth-order valence-corrected chi connectivity index (χ4v) is 4.00. The van der Waals surface area contributed by atoms with Crippen LogP contribution in [-0.4, -0.2) is 18.0 Å². The summed E-state index contributed by atoms with van der Waals surface area (Å²) in [6.45, 7) is 4.22. The molecule has 0 saturated heterocycles. The van der Waals surface area contributed by atoms with Crippen LogP contribution >= 0.6 is 11.3 Å². The summed E-state index contributed by atoms with van der Waals surface area (Å²) in [6.07, 6.45) is 3.98. The van der Waals surface area contributed by atoms with Crippen LogP contribution in [0.2, 0.25) is 0 Å². The Kier molecular flexibility index (Phi) is 7.85. The average Bonchev–Trinajstić information content (AvgIpc) is 3.23. The van der Waals surface area contributed by atoms with Crippen molar-refractivity contribution >= 4 is 33.8 Å². The molecule has 5 nitrogen and oxygen atoms in total. The lowest BCUT2D eigenvalue weighted by Crippen LogP contribution is -2.22. The lowest BCUT2D eigenvalue weighted by atomic mass is 9.98. The Morgan fingerprint density at radius 3 is 2.70 bits per heavy atom. The lowest BCUT2D eigenvalue weighted by Gasteiger charge is -2.15. The van der Waals surface area contributed by atoms with Crippen LogP contribution in [-0.2, 0) is 4.79 Å². The smallest absolute Gasteiger partial charge is 0.227 e. The van der Waals surface area contributed by atoms with Gasteiger partial charge in [0.1, 0.15) is 5.75 Å². The number of ether oxygens (including phenoxy) is 1. The van der Waals surface area contributed by atoms with Gasteiger partial charge in [0.15, 0.2) is 5.13 Å². The van der Waals surface area contributed by atoms with Gasteiger partial charge < -0.3 is 15.4 Å². The van der Waals surface area contributed by atoms with E-state index in [1.807, 2.05) is 53.9 Å². The van der Waals surface area contributed by atoms with Gasteiger partial charge in [0.2, 0.25) is 5.91 Å². The molecule has 3 aromatic rings. The average molecular weight is 424 g/mol. The Bertz CT molecular complexity index is 970. The Balaban J connectivity index is 1.69. The highest BCUT2D eigenvalue weighted by Crippen LogP contribution is 2.29. The number of carbonyl (C=O) groups is 1. The minimum atomic E-state index is 0.0616. The Morgan fingerprint density at radius 1 is 1.13 bits per heavy atom. The molecule has 1 amide bonds. The summed E-state index contributed by atoms with van der Waals surface area (Å²) < 4.78 is 5.27. The molecule has 0 bridgehead atoms. The zero-order valence-corrected chi connectivity index (χ0v) is 18.6. The molecule has 0 aliphatic rings. The molecular weight excluding hydrogens is 394 g/mol. The van der Waals surface area contributed by atoms with Crippen LogP contribution in [0.1, 0.15) is 39.5 Å². The second-order valence-electron chi connectivity index (χ2n) is 7.21. The fraction of sp³-hybridized carbons (Fsp3) is 0.333. The molecule has 0 radical (unpaired) electrons. The van der Waals surface area contributed by atoms with Crippen LogP contribution in [0.4, 0.5) is 16.5 Å². The number of amides is 1. The van der Waals surface area contributed by atoms with Crippen molar-refractivity contribution in [2.75, 3.05) is 17.7 Å². The van der Waals surface area contributed by atoms with Crippen molar-refractivity contribution < 1.29 is 9.53 Å². The van der Waals surface area contributed by atoms with Gasteiger partial charge in [0.25, 0.3) is 0 Å². The molecule has 1 atom stereocenters. The quantitative estimate of drug-likeness (QED) is 0.380. The molecule has 1 unspecified atom stereocenters. The summed E-state index contributed by atoms with van der Waals surface area (Å²) in [5.74, 6) is 0.956. The summed E-state index contributed by atoms with van der Waals surface area (Å²) in [5, 5.41) is 9.21. The monoisotopic (exact) mass is 423 g/mol. The highest BCUT2D eigenvalue weighted by Gasteiger charge is 2.16. The predicted octanol–water partition coefficient (Wildman–Crippen LogP) is 6.72. The third-order valence-corrected chi connectivity index (χ3v) is 5.78. The van der Waals surface area contributed by atoms with Crippen molar-refractivity contribution in [3.63, 3.8) is 0 Å².